The summed E-state index contributed by atoms with van der Waals surface area (Å²) in [6, 6.07) is 13.5. The molecule has 0 aromatic heterocycles. The Morgan fingerprint density at radius 1 is 0.897 bits per heavy atom. The molecule has 0 heterocycles. The highest BCUT2D eigenvalue weighted by molar-refractivity contribution is 14.1. The van der Waals surface area contributed by atoms with Gasteiger partial charge in [-0.1, -0.05) is 60.7 Å². The topological polar surface area (TPSA) is 122 Å². The summed E-state index contributed by atoms with van der Waals surface area (Å²) in [6.07, 6.45) is 17.7. The zero-order valence-corrected chi connectivity index (χ0v) is 23.9. The number of rotatable bonds is 5. The van der Waals surface area contributed by atoms with Crippen molar-refractivity contribution in [3.8, 4) is 11.5 Å². The number of halogens is 1. The van der Waals surface area contributed by atoms with Crippen molar-refractivity contribution in [2.24, 2.45) is 5.92 Å². The van der Waals surface area contributed by atoms with Gasteiger partial charge in [0.15, 0.2) is 0 Å². The van der Waals surface area contributed by atoms with Crippen molar-refractivity contribution in [1.82, 2.24) is 0 Å². The first-order valence-electron chi connectivity index (χ1n) is 12.7. The van der Waals surface area contributed by atoms with E-state index in [-0.39, 0.29) is 28.8 Å². The lowest BCUT2D eigenvalue weighted by molar-refractivity contribution is 0.174. The van der Waals surface area contributed by atoms with Gasteiger partial charge in [0.2, 0.25) is 0 Å². The average molecular weight is 643 g/mol. The van der Waals surface area contributed by atoms with Crippen molar-refractivity contribution in [3.05, 3.63) is 129 Å². The Morgan fingerprint density at radius 3 is 2.33 bits per heavy atom. The van der Waals surface area contributed by atoms with Crippen LogP contribution in [0.15, 0.2) is 114 Å². The maximum Gasteiger partial charge on any atom is 0.119 e. The molecule has 0 aliphatic heterocycles. The van der Waals surface area contributed by atoms with Gasteiger partial charge in [-0.25, -0.2) is 0 Å². The molecule has 2 aromatic carbocycles. The van der Waals surface area contributed by atoms with E-state index in [1.165, 1.54) is 3.57 Å². The minimum atomic E-state index is -0.616. The lowest BCUT2D eigenvalue weighted by Gasteiger charge is -2.24. The second kappa shape index (κ2) is 14.3. The van der Waals surface area contributed by atoms with Crippen LogP contribution in [-0.4, -0.2) is 45.2 Å². The number of hydrogen-bond acceptors (Lipinski definition) is 5. The number of benzene rings is 2. The number of allylic oxidation sites excluding steroid dienone is 7. The molecule has 3 aliphatic carbocycles. The van der Waals surface area contributed by atoms with Gasteiger partial charge < -0.3 is 30.6 Å². The standard InChI is InChI=1S/C25H26O4.C7H7IO.H2O/c26-22-7-1-16(2-8-22)18-5-11-24(28)20(13-18)15-21-14-19(6-12-25(21)29)17-3-9-23(27)10-4-17;1-9-7-4-2-3-6(8)5-7;/h1-3,5-7,9-14,17,20,22,24,26-29H,4,8,15H2;2-5H,1H3;1H2. The quantitative estimate of drug-likeness (QED) is 0.316. The van der Waals surface area contributed by atoms with E-state index in [1.807, 2.05) is 66.8 Å². The fourth-order valence-corrected chi connectivity index (χ4v) is 5.14. The monoisotopic (exact) mass is 642 g/mol. The molecule has 4 unspecified atom stereocenters. The highest BCUT2D eigenvalue weighted by Crippen LogP contribution is 2.33. The summed E-state index contributed by atoms with van der Waals surface area (Å²) in [5.41, 5.74) is 3.94. The number of aliphatic hydroxyl groups is 3. The summed E-state index contributed by atoms with van der Waals surface area (Å²) in [4.78, 5) is 0. The zero-order chi connectivity index (χ0) is 27.1. The molecule has 0 bridgehead atoms. The lowest BCUT2D eigenvalue weighted by Crippen LogP contribution is -2.22. The van der Waals surface area contributed by atoms with Gasteiger partial charge in [-0.2, -0.15) is 0 Å². The van der Waals surface area contributed by atoms with E-state index >= 15 is 0 Å². The molecular weight excluding hydrogens is 607 g/mol. The van der Waals surface area contributed by atoms with Crippen LogP contribution in [0.5, 0.6) is 11.5 Å². The number of ether oxygens (including phenoxy) is 1. The molecule has 6 N–H and O–H groups in total. The van der Waals surface area contributed by atoms with Crippen LogP contribution >= 0.6 is 22.6 Å². The average Bonchev–Trinajstić information content (AvgIpc) is 2.92. The highest BCUT2D eigenvalue weighted by atomic mass is 127. The fourth-order valence-electron chi connectivity index (χ4n) is 4.63. The number of hydrogen-bond donors (Lipinski definition) is 4. The van der Waals surface area contributed by atoms with E-state index in [0.29, 0.717) is 12.8 Å². The van der Waals surface area contributed by atoms with Gasteiger partial charge in [-0.15, -0.1) is 0 Å². The summed E-state index contributed by atoms with van der Waals surface area (Å²) in [5.74, 6) is 1.44. The van der Waals surface area contributed by atoms with E-state index in [0.717, 1.165) is 34.4 Å². The predicted octanol–water partition coefficient (Wildman–Crippen LogP) is 5.62. The third kappa shape index (κ3) is 8.44. The summed E-state index contributed by atoms with van der Waals surface area (Å²) >= 11 is 2.25. The number of aliphatic hydroxyl groups excluding tert-OH is 3. The summed E-state index contributed by atoms with van der Waals surface area (Å²) in [7, 11) is 1.67. The molecule has 3 aliphatic rings. The molecule has 0 amide bonds. The largest absolute Gasteiger partial charge is 0.508 e. The molecular formula is C32H35IO6. The van der Waals surface area contributed by atoms with Crippen molar-refractivity contribution in [3.63, 3.8) is 0 Å². The first-order chi connectivity index (χ1) is 18.3. The first kappa shape index (κ1) is 30.4. The Balaban J connectivity index is 0.000000359. The molecule has 7 heteroatoms. The molecule has 0 saturated carbocycles. The van der Waals surface area contributed by atoms with Crippen molar-refractivity contribution in [2.75, 3.05) is 7.11 Å². The van der Waals surface area contributed by atoms with Crippen molar-refractivity contribution in [2.45, 2.75) is 37.4 Å². The molecule has 39 heavy (non-hydrogen) atoms. The lowest BCUT2D eigenvalue weighted by atomic mass is 9.83. The number of phenolic OH excluding ortho intramolecular Hbond substituents is 1. The minimum absolute atomic E-state index is 0. The van der Waals surface area contributed by atoms with Crippen molar-refractivity contribution < 1.29 is 30.6 Å². The molecule has 6 nitrogen and oxygen atoms in total. The first-order valence-corrected chi connectivity index (χ1v) is 13.7. The maximum atomic E-state index is 10.5. The number of methoxy groups -OCH3 is 1. The summed E-state index contributed by atoms with van der Waals surface area (Å²) in [5, 5.41) is 40.1. The van der Waals surface area contributed by atoms with Crippen LogP contribution in [0.3, 0.4) is 0 Å². The molecule has 2 aromatic rings. The molecule has 5 rings (SSSR count). The smallest absolute Gasteiger partial charge is 0.119 e. The Bertz CT molecular complexity index is 1320. The van der Waals surface area contributed by atoms with Crippen LogP contribution in [0, 0.1) is 9.49 Å². The molecule has 0 radical (unpaired) electrons. The van der Waals surface area contributed by atoms with Crippen LogP contribution in [0.4, 0.5) is 0 Å². The number of aromatic hydroxyl groups is 1. The second-order valence-corrected chi connectivity index (χ2v) is 10.8. The van der Waals surface area contributed by atoms with Crippen LogP contribution in [0.25, 0.3) is 0 Å². The molecule has 4 atom stereocenters. The molecule has 0 spiro atoms. The van der Waals surface area contributed by atoms with E-state index < -0.39 is 12.2 Å². The van der Waals surface area contributed by atoms with Crippen LogP contribution < -0.4 is 4.74 Å². The van der Waals surface area contributed by atoms with Gasteiger partial charge in [0.05, 0.1) is 19.3 Å². The van der Waals surface area contributed by atoms with Gasteiger partial charge in [0.25, 0.3) is 0 Å². The van der Waals surface area contributed by atoms with Crippen molar-refractivity contribution in [1.29, 1.82) is 0 Å². The second-order valence-electron chi connectivity index (χ2n) is 9.54. The maximum absolute atomic E-state index is 10.5. The van der Waals surface area contributed by atoms with E-state index in [9.17, 15) is 20.4 Å². The minimum Gasteiger partial charge on any atom is -0.508 e. The molecule has 206 valence electrons. The SMILES string of the molecule is COc1cccc(I)c1.O.OC1=CCC(c2ccc(O)c(CC3C=C(C4=CCC(O)C=C4)C=CC3O)c2)C=C1. The Morgan fingerprint density at radius 2 is 1.69 bits per heavy atom. The Labute approximate surface area is 243 Å². The van der Waals surface area contributed by atoms with Crippen LogP contribution in [0.1, 0.15) is 29.9 Å². The van der Waals surface area contributed by atoms with E-state index in [1.54, 1.807) is 37.5 Å². The van der Waals surface area contributed by atoms with Gasteiger partial charge in [-0.05, 0) is 101 Å². The molecule has 0 saturated heterocycles. The Kier molecular flexibility index (Phi) is 11.2. The van der Waals surface area contributed by atoms with Crippen LogP contribution in [0.2, 0.25) is 0 Å². The van der Waals surface area contributed by atoms with Gasteiger partial charge in [0, 0.05) is 15.4 Å². The van der Waals surface area contributed by atoms with Gasteiger partial charge in [-0.3, -0.25) is 0 Å². The predicted molar refractivity (Wildman–Crippen MR) is 163 cm³/mol. The third-order valence-corrected chi connectivity index (χ3v) is 7.49. The van der Waals surface area contributed by atoms with E-state index in [2.05, 4.69) is 22.6 Å². The normalized spacial score (nSPS) is 23.4. The number of phenols is 1. The fraction of sp³-hybridized carbons (Fsp3) is 0.250. The van der Waals surface area contributed by atoms with Gasteiger partial charge >= 0.3 is 0 Å². The summed E-state index contributed by atoms with van der Waals surface area (Å²) in [6.45, 7) is 0. The van der Waals surface area contributed by atoms with Gasteiger partial charge in [0.1, 0.15) is 17.3 Å². The zero-order valence-electron chi connectivity index (χ0n) is 21.7. The van der Waals surface area contributed by atoms with Crippen molar-refractivity contribution >= 4 is 22.6 Å². The third-order valence-electron chi connectivity index (χ3n) is 6.82. The highest BCUT2D eigenvalue weighted by Gasteiger charge is 2.23. The Hall–Kier alpha value is -3.11. The van der Waals surface area contributed by atoms with E-state index in [4.69, 9.17) is 4.74 Å². The van der Waals surface area contributed by atoms with Crippen LogP contribution in [-0.2, 0) is 6.42 Å². The molecule has 0 fully saturated rings. The summed E-state index contributed by atoms with van der Waals surface area (Å²) < 4.78 is 6.19.